The Labute approximate surface area is 82.6 Å². The van der Waals surface area contributed by atoms with Gasteiger partial charge in [-0.3, -0.25) is 14.6 Å². The summed E-state index contributed by atoms with van der Waals surface area (Å²) in [6.45, 7) is 0. The monoisotopic (exact) mass is 237 g/mol. The number of pyridine rings is 1. The summed E-state index contributed by atoms with van der Waals surface area (Å²) in [6.07, 6.45) is 2.74. The fraction of sp³-hybridized carbons (Fsp3) is 0. The Balaban J connectivity index is 2.69. The van der Waals surface area contributed by atoms with Crippen molar-refractivity contribution in [3.63, 3.8) is 0 Å². The van der Waals surface area contributed by atoms with Gasteiger partial charge in [-0.25, -0.2) is 0 Å². The van der Waals surface area contributed by atoms with Crippen LogP contribution in [0.4, 0.5) is 0 Å². The van der Waals surface area contributed by atoms with E-state index in [2.05, 4.69) is 20.9 Å². The minimum Gasteiger partial charge on any atom is -0.288 e. The first kappa shape index (κ1) is 8.31. The molecular formula is C9H4BrNO2. The van der Waals surface area contributed by atoms with Crippen molar-refractivity contribution in [2.75, 3.05) is 0 Å². The third-order valence-electron chi connectivity index (χ3n) is 1.76. The minimum absolute atomic E-state index is 0.192. The summed E-state index contributed by atoms with van der Waals surface area (Å²) in [4.78, 5) is 26.6. The van der Waals surface area contributed by atoms with E-state index < -0.39 is 0 Å². The van der Waals surface area contributed by atoms with Crippen LogP contribution in [0.3, 0.4) is 0 Å². The summed E-state index contributed by atoms with van der Waals surface area (Å²) in [7, 11) is 0. The van der Waals surface area contributed by atoms with Gasteiger partial charge in [0.2, 0.25) is 11.6 Å². The molecule has 0 saturated carbocycles. The van der Waals surface area contributed by atoms with E-state index in [0.717, 1.165) is 0 Å². The van der Waals surface area contributed by atoms with Crippen LogP contribution in [0.25, 0.3) is 0 Å². The number of fused-ring (bicyclic) bond motifs is 1. The third kappa shape index (κ3) is 1.23. The van der Waals surface area contributed by atoms with Crippen LogP contribution in [0, 0.1) is 0 Å². The molecule has 0 fully saturated rings. The Morgan fingerprint density at radius 1 is 1.31 bits per heavy atom. The molecule has 1 heterocycles. The normalized spacial score (nSPS) is 15.3. The van der Waals surface area contributed by atoms with E-state index in [0.29, 0.717) is 5.56 Å². The SMILES string of the molecule is O=C1C(Br)=CC(=O)c2ncccc21. The maximum absolute atomic E-state index is 11.5. The molecule has 0 amide bonds. The van der Waals surface area contributed by atoms with Crippen molar-refractivity contribution in [2.24, 2.45) is 0 Å². The van der Waals surface area contributed by atoms with E-state index in [-0.39, 0.29) is 21.7 Å². The fourth-order valence-electron chi connectivity index (χ4n) is 1.16. The topological polar surface area (TPSA) is 47.0 Å². The molecule has 0 spiro atoms. The highest BCUT2D eigenvalue weighted by Gasteiger charge is 2.24. The zero-order valence-corrected chi connectivity index (χ0v) is 8.04. The molecule has 1 aliphatic carbocycles. The average molecular weight is 238 g/mol. The smallest absolute Gasteiger partial charge is 0.206 e. The lowest BCUT2D eigenvalue weighted by atomic mass is 10.0. The van der Waals surface area contributed by atoms with Crippen LogP contribution in [0.15, 0.2) is 28.9 Å². The quantitative estimate of drug-likeness (QED) is 0.691. The number of allylic oxidation sites excluding steroid dienone is 2. The number of Topliss-reactive ketones (excluding diaryl/α,β-unsaturated/α-hetero) is 1. The van der Waals surface area contributed by atoms with E-state index in [1.807, 2.05) is 0 Å². The molecule has 1 aromatic heterocycles. The maximum atomic E-state index is 11.5. The first-order chi connectivity index (χ1) is 6.20. The molecule has 2 rings (SSSR count). The Morgan fingerprint density at radius 3 is 2.85 bits per heavy atom. The lowest BCUT2D eigenvalue weighted by Crippen LogP contribution is -2.15. The standard InChI is InChI=1S/C9H4BrNO2/c10-6-4-7(12)8-5(9(6)13)2-1-3-11-8/h1-4H. The highest BCUT2D eigenvalue weighted by Crippen LogP contribution is 2.22. The summed E-state index contributed by atoms with van der Waals surface area (Å²) >= 11 is 3.03. The number of carbonyl (C=O) groups is 2. The van der Waals surface area contributed by atoms with E-state index in [9.17, 15) is 9.59 Å². The molecule has 13 heavy (non-hydrogen) atoms. The van der Waals surface area contributed by atoms with Crippen molar-refractivity contribution < 1.29 is 9.59 Å². The van der Waals surface area contributed by atoms with Gasteiger partial charge in [0, 0.05) is 12.3 Å². The molecule has 0 aliphatic heterocycles. The van der Waals surface area contributed by atoms with Crippen molar-refractivity contribution in [1.29, 1.82) is 0 Å². The third-order valence-corrected chi connectivity index (χ3v) is 2.35. The van der Waals surface area contributed by atoms with Gasteiger partial charge in [-0.05, 0) is 28.1 Å². The molecular weight excluding hydrogens is 234 g/mol. The molecule has 0 aromatic carbocycles. The number of carbonyl (C=O) groups excluding carboxylic acids is 2. The van der Waals surface area contributed by atoms with Crippen LogP contribution in [0.5, 0.6) is 0 Å². The number of halogens is 1. The average Bonchev–Trinajstić information content (AvgIpc) is 2.15. The van der Waals surface area contributed by atoms with Gasteiger partial charge in [-0.15, -0.1) is 0 Å². The second kappa shape index (κ2) is 2.88. The number of nitrogens with zero attached hydrogens (tertiary/aromatic N) is 1. The van der Waals surface area contributed by atoms with Gasteiger partial charge in [0.05, 0.1) is 10.0 Å². The highest BCUT2D eigenvalue weighted by atomic mass is 79.9. The molecule has 0 radical (unpaired) electrons. The number of ketones is 2. The molecule has 0 saturated heterocycles. The molecule has 0 atom stereocenters. The van der Waals surface area contributed by atoms with Crippen molar-refractivity contribution >= 4 is 27.5 Å². The van der Waals surface area contributed by atoms with Gasteiger partial charge in [0.1, 0.15) is 5.69 Å². The lowest BCUT2D eigenvalue weighted by molar-refractivity contribution is 0.0988. The summed E-state index contributed by atoms with van der Waals surface area (Å²) in [6, 6.07) is 3.23. The van der Waals surface area contributed by atoms with E-state index in [1.54, 1.807) is 12.1 Å². The van der Waals surface area contributed by atoms with Crippen LogP contribution < -0.4 is 0 Å². The van der Waals surface area contributed by atoms with Gasteiger partial charge in [0.15, 0.2) is 0 Å². The Bertz CT molecular complexity index is 437. The summed E-state index contributed by atoms with van der Waals surface area (Å²) in [5.74, 6) is -0.426. The molecule has 0 bridgehead atoms. The van der Waals surface area contributed by atoms with Gasteiger partial charge in [0.25, 0.3) is 0 Å². The largest absolute Gasteiger partial charge is 0.288 e. The van der Waals surface area contributed by atoms with Gasteiger partial charge < -0.3 is 0 Å². The van der Waals surface area contributed by atoms with E-state index in [1.165, 1.54) is 12.3 Å². The number of aromatic nitrogens is 1. The number of rotatable bonds is 0. The van der Waals surface area contributed by atoms with Crippen LogP contribution in [0.2, 0.25) is 0 Å². The minimum atomic E-state index is -0.234. The van der Waals surface area contributed by atoms with Crippen LogP contribution in [-0.4, -0.2) is 16.6 Å². The molecule has 0 unspecified atom stereocenters. The molecule has 1 aliphatic rings. The second-order valence-corrected chi connectivity index (χ2v) is 3.44. The van der Waals surface area contributed by atoms with Crippen molar-refractivity contribution in [3.8, 4) is 0 Å². The van der Waals surface area contributed by atoms with Crippen LogP contribution in [-0.2, 0) is 0 Å². The van der Waals surface area contributed by atoms with Crippen molar-refractivity contribution in [3.05, 3.63) is 40.1 Å². The zero-order valence-electron chi connectivity index (χ0n) is 6.45. The molecule has 3 nitrogen and oxygen atoms in total. The first-order valence-electron chi connectivity index (χ1n) is 3.61. The predicted molar refractivity (Wildman–Crippen MR) is 49.9 cm³/mol. The summed E-state index contributed by atoms with van der Waals surface area (Å²) in [5, 5.41) is 0. The van der Waals surface area contributed by atoms with Crippen LogP contribution in [0.1, 0.15) is 20.8 Å². The Morgan fingerprint density at radius 2 is 2.08 bits per heavy atom. The van der Waals surface area contributed by atoms with Gasteiger partial charge >= 0.3 is 0 Å². The summed E-state index contributed by atoms with van der Waals surface area (Å²) < 4.78 is 0.290. The van der Waals surface area contributed by atoms with E-state index in [4.69, 9.17) is 0 Å². The number of hydrogen-bond acceptors (Lipinski definition) is 3. The molecule has 4 heteroatoms. The lowest BCUT2D eigenvalue weighted by Gasteiger charge is -2.08. The van der Waals surface area contributed by atoms with Crippen LogP contribution >= 0.6 is 15.9 Å². The zero-order chi connectivity index (χ0) is 9.42. The first-order valence-corrected chi connectivity index (χ1v) is 4.40. The van der Waals surface area contributed by atoms with Crippen molar-refractivity contribution in [2.45, 2.75) is 0 Å². The highest BCUT2D eigenvalue weighted by molar-refractivity contribution is 9.12. The number of hydrogen-bond donors (Lipinski definition) is 0. The Hall–Kier alpha value is -1.29. The second-order valence-electron chi connectivity index (χ2n) is 2.59. The van der Waals surface area contributed by atoms with Gasteiger partial charge in [-0.2, -0.15) is 0 Å². The van der Waals surface area contributed by atoms with Gasteiger partial charge in [-0.1, -0.05) is 0 Å². The maximum Gasteiger partial charge on any atom is 0.206 e. The Kier molecular flexibility index (Phi) is 1.84. The van der Waals surface area contributed by atoms with Crippen molar-refractivity contribution in [1.82, 2.24) is 4.98 Å². The molecule has 1 aromatic rings. The predicted octanol–water partition coefficient (Wildman–Crippen LogP) is 1.74. The van der Waals surface area contributed by atoms with E-state index >= 15 is 0 Å². The summed E-state index contributed by atoms with van der Waals surface area (Å²) in [5.41, 5.74) is 0.595. The fourth-order valence-corrected chi connectivity index (χ4v) is 1.58. The molecule has 0 N–H and O–H groups in total. The molecule has 64 valence electrons.